The van der Waals surface area contributed by atoms with Gasteiger partial charge in [0.15, 0.2) is 4.90 Å². The van der Waals surface area contributed by atoms with Crippen molar-refractivity contribution in [2.45, 2.75) is 18.7 Å². The van der Waals surface area contributed by atoms with Crippen molar-refractivity contribution in [2.75, 3.05) is 7.11 Å². The monoisotopic (exact) mass is 314 g/mol. The van der Waals surface area contributed by atoms with Crippen molar-refractivity contribution < 1.29 is 29.9 Å². The molecule has 1 aromatic rings. The van der Waals surface area contributed by atoms with Crippen molar-refractivity contribution in [1.29, 1.82) is 0 Å². The Morgan fingerprint density at radius 1 is 0.944 bits per heavy atom. The Kier molecular flexibility index (Phi) is 4.33. The van der Waals surface area contributed by atoms with E-state index in [2.05, 4.69) is 12.6 Å². The molecule has 0 spiro atoms. The van der Waals surface area contributed by atoms with E-state index in [1.165, 1.54) is 0 Å². The molecule has 0 aliphatic rings. The molecule has 0 amide bonds. The van der Waals surface area contributed by atoms with Crippen molar-refractivity contribution >= 4 is 20.4 Å². The van der Waals surface area contributed by atoms with Crippen molar-refractivity contribution in [3.8, 4) is 5.75 Å². The first-order valence-corrected chi connectivity index (χ1v) is 7.06. The average molecular weight is 314 g/mol. The van der Waals surface area contributed by atoms with Gasteiger partial charge in [0.1, 0.15) is 5.75 Å². The first kappa shape index (κ1) is 17.4. The predicted molar refractivity (Wildman–Crippen MR) is 64.5 cm³/mol. The number of rotatable bonds is 1. The van der Waals surface area contributed by atoms with Crippen LogP contribution in [0.5, 0.6) is 5.75 Å². The van der Waals surface area contributed by atoms with E-state index in [1.54, 1.807) is 7.11 Å². The SMILES string of the molecule is COc1c(C)cc([SH2+])cc1C.F[P-](F)(F)(F)(F)F. The molecule has 9 heteroatoms. The van der Waals surface area contributed by atoms with Gasteiger partial charge in [-0.3, -0.25) is 0 Å². The molecule has 0 fully saturated rings. The number of ether oxygens (including phenoxy) is 1. The predicted octanol–water partition coefficient (Wildman–Crippen LogP) is 5.06. The van der Waals surface area contributed by atoms with Gasteiger partial charge in [-0.25, -0.2) is 0 Å². The molecule has 0 unspecified atom stereocenters. The molecule has 0 atom stereocenters. The molecule has 108 valence electrons. The summed E-state index contributed by atoms with van der Waals surface area (Å²) >= 11 is 3.47. The summed E-state index contributed by atoms with van der Waals surface area (Å²) in [7, 11) is -8.96. The molecule has 0 aliphatic carbocycles. The van der Waals surface area contributed by atoms with Crippen LogP contribution >= 0.6 is 7.81 Å². The average Bonchev–Trinajstić information content (AvgIpc) is 1.95. The van der Waals surface area contributed by atoms with E-state index in [0.717, 1.165) is 21.8 Å². The van der Waals surface area contributed by atoms with E-state index in [-0.39, 0.29) is 0 Å². The summed E-state index contributed by atoms with van der Waals surface area (Å²) in [6, 6.07) is 4.09. The number of methoxy groups -OCH3 is 1. The first-order valence-electron chi connectivity index (χ1n) is 4.53. The van der Waals surface area contributed by atoms with Crippen molar-refractivity contribution in [3.63, 3.8) is 0 Å². The summed E-state index contributed by atoms with van der Waals surface area (Å²) in [5.74, 6) is 0.979. The van der Waals surface area contributed by atoms with Crippen LogP contribution in [0.1, 0.15) is 11.1 Å². The number of halogens is 6. The second kappa shape index (κ2) is 4.49. The Morgan fingerprint density at radius 2 is 1.22 bits per heavy atom. The summed E-state index contributed by atoms with van der Waals surface area (Å²) < 4.78 is 64.4. The third-order valence-corrected chi connectivity index (χ3v) is 1.95. The van der Waals surface area contributed by atoms with Crippen molar-refractivity contribution in [2.24, 2.45) is 0 Å². The molecule has 0 heterocycles. The molecular formula is C9H13F6OPS. The molecule has 0 saturated heterocycles. The summed E-state index contributed by atoms with van der Waals surface area (Å²) in [5, 5.41) is 0. The summed E-state index contributed by atoms with van der Waals surface area (Å²) in [5.41, 5.74) is 2.33. The fraction of sp³-hybridized carbons (Fsp3) is 0.333. The van der Waals surface area contributed by atoms with Gasteiger partial charge in [0.25, 0.3) is 0 Å². The first-order chi connectivity index (χ1) is 7.60. The van der Waals surface area contributed by atoms with Gasteiger partial charge in [-0.2, -0.15) is 0 Å². The van der Waals surface area contributed by atoms with Gasteiger partial charge in [-0.1, -0.05) is 0 Å². The van der Waals surface area contributed by atoms with Crippen LogP contribution in [-0.2, 0) is 12.6 Å². The molecule has 0 radical (unpaired) electrons. The maximum atomic E-state index is 9.87. The number of hydrogen-bond acceptors (Lipinski definition) is 1. The van der Waals surface area contributed by atoms with Gasteiger partial charge in [-0.15, -0.1) is 0 Å². The Hall–Kier alpha value is -0.620. The zero-order valence-electron chi connectivity index (χ0n) is 9.78. The number of aryl methyl sites for hydroxylation is 2. The zero-order chi connectivity index (χ0) is 14.8. The van der Waals surface area contributed by atoms with Crippen LogP contribution in [0.15, 0.2) is 17.0 Å². The second-order valence-corrected chi connectivity index (χ2v) is 6.10. The van der Waals surface area contributed by atoms with Gasteiger partial charge in [0, 0.05) is 0 Å². The van der Waals surface area contributed by atoms with Gasteiger partial charge in [0.05, 0.1) is 7.11 Å². The van der Waals surface area contributed by atoms with Crippen molar-refractivity contribution in [3.05, 3.63) is 23.3 Å². The van der Waals surface area contributed by atoms with E-state index in [4.69, 9.17) is 4.74 Å². The Labute approximate surface area is 106 Å². The van der Waals surface area contributed by atoms with Crippen LogP contribution in [-0.4, -0.2) is 7.11 Å². The summed E-state index contributed by atoms with van der Waals surface area (Å²) in [6.45, 7) is 4.07. The van der Waals surface area contributed by atoms with E-state index >= 15 is 0 Å². The summed E-state index contributed by atoms with van der Waals surface area (Å²) in [4.78, 5) is 1.10. The van der Waals surface area contributed by atoms with E-state index in [9.17, 15) is 25.2 Å². The number of benzene rings is 1. The van der Waals surface area contributed by atoms with Gasteiger partial charge >= 0.3 is 33.0 Å². The van der Waals surface area contributed by atoms with E-state index in [0.29, 0.717) is 0 Å². The van der Waals surface area contributed by atoms with Crippen LogP contribution in [0.4, 0.5) is 25.2 Å². The number of hydrogen-bond donors (Lipinski definition) is 0. The van der Waals surface area contributed by atoms with E-state index < -0.39 is 7.81 Å². The van der Waals surface area contributed by atoms with Gasteiger partial charge in [-0.05, 0) is 49.7 Å². The normalized spacial score (nSPS) is 15.0. The minimum absolute atomic E-state index is 0.979. The molecule has 0 aromatic heterocycles. The Morgan fingerprint density at radius 3 is 1.44 bits per heavy atom. The van der Waals surface area contributed by atoms with Crippen LogP contribution in [0.2, 0.25) is 0 Å². The maximum absolute atomic E-state index is 10.7. The Bertz CT molecular complexity index is 407. The van der Waals surface area contributed by atoms with Crippen molar-refractivity contribution in [1.82, 2.24) is 0 Å². The summed E-state index contributed by atoms with van der Waals surface area (Å²) in [6.07, 6.45) is 0. The Balaban J connectivity index is 0.000000360. The van der Waals surface area contributed by atoms with Crippen LogP contribution in [0, 0.1) is 13.8 Å². The second-order valence-electron chi connectivity index (χ2n) is 3.60. The topological polar surface area (TPSA) is 9.23 Å². The quantitative estimate of drug-likeness (QED) is 0.400. The molecule has 1 aromatic carbocycles. The molecule has 0 bridgehead atoms. The molecule has 0 aliphatic heterocycles. The third-order valence-electron chi connectivity index (χ3n) is 1.66. The van der Waals surface area contributed by atoms with Gasteiger partial charge in [0.2, 0.25) is 0 Å². The third kappa shape index (κ3) is 10.5. The van der Waals surface area contributed by atoms with Gasteiger partial charge < -0.3 is 4.74 Å². The van der Waals surface area contributed by atoms with Crippen LogP contribution in [0.3, 0.4) is 0 Å². The molecule has 18 heavy (non-hydrogen) atoms. The fourth-order valence-corrected chi connectivity index (χ4v) is 1.71. The molecule has 1 rings (SSSR count). The molecule has 0 saturated carbocycles. The standard InChI is InChI=1S/C9H12OS.F6P/c1-6-4-8(11)5-7(2)9(6)10-3;1-7(2,3,4,5)6/h4-5,11H,1-3H3;/q;-1/p+1. The van der Waals surface area contributed by atoms with E-state index in [1.807, 2.05) is 26.0 Å². The zero-order valence-corrected chi connectivity index (χ0v) is 11.7. The van der Waals surface area contributed by atoms with Crippen LogP contribution < -0.4 is 4.74 Å². The fourth-order valence-electron chi connectivity index (χ4n) is 1.27. The molecule has 0 N–H and O–H groups in total. The minimum atomic E-state index is -10.7. The molecular weight excluding hydrogens is 301 g/mol. The molecule has 1 nitrogen and oxygen atoms in total. The van der Waals surface area contributed by atoms with Crippen LogP contribution in [0.25, 0.3) is 0 Å².